The molecule has 43 heavy (non-hydrogen) atoms. The van der Waals surface area contributed by atoms with Crippen LogP contribution >= 0.6 is 0 Å². The van der Waals surface area contributed by atoms with Crippen LogP contribution < -0.4 is 0 Å². The van der Waals surface area contributed by atoms with Crippen LogP contribution in [0, 0.1) is 11.3 Å². The normalized spacial score (nSPS) is 21.5. The number of amides is 1. The second kappa shape index (κ2) is 10.4. The minimum Gasteiger partial charge on any atom is -0.384 e. The van der Waals surface area contributed by atoms with Crippen LogP contribution in [0.15, 0.2) is 37.1 Å². The van der Waals surface area contributed by atoms with E-state index in [0.29, 0.717) is 39.0 Å². The summed E-state index contributed by atoms with van der Waals surface area (Å²) in [6.45, 7) is 4.24. The summed E-state index contributed by atoms with van der Waals surface area (Å²) in [5.41, 5.74) is -0.539. The van der Waals surface area contributed by atoms with Gasteiger partial charge in [0.1, 0.15) is 23.3 Å². The molecule has 1 saturated carbocycles. The lowest BCUT2D eigenvalue weighted by molar-refractivity contribution is -0.145. The molecule has 5 heterocycles. The molecule has 4 aromatic heterocycles. The average molecular weight is 595 g/mol. The third-order valence-corrected chi connectivity index (χ3v) is 8.28. The fourth-order valence-electron chi connectivity index (χ4n) is 5.89. The molecule has 2 aliphatic rings. The Morgan fingerprint density at radius 3 is 2.60 bits per heavy atom. The van der Waals surface area contributed by atoms with Crippen molar-refractivity contribution in [1.82, 2.24) is 44.5 Å². The maximum atomic E-state index is 13.4. The summed E-state index contributed by atoms with van der Waals surface area (Å²) in [5.74, 6) is -2.10. The van der Waals surface area contributed by atoms with Crippen molar-refractivity contribution in [2.24, 2.45) is 0 Å². The third-order valence-electron chi connectivity index (χ3n) is 8.28. The topological polar surface area (TPSA) is 153 Å². The van der Waals surface area contributed by atoms with Crippen molar-refractivity contribution in [1.29, 1.82) is 5.26 Å². The van der Waals surface area contributed by atoms with Gasteiger partial charge in [0, 0.05) is 55.6 Å². The minimum absolute atomic E-state index is 0.159. The molecule has 6 rings (SSSR count). The SMILES string of the molecule is CC(C)(O)c1cc(C(=O)N2CCN([C@H]3C[C@](CC#N)(n4cc(-c5ncnc6[nH]ccc56)cn4)C3)CC2)nc(C(F)(F)F)n1. The summed E-state index contributed by atoms with van der Waals surface area (Å²) in [6, 6.07) is 5.49. The predicted octanol–water partition coefficient (Wildman–Crippen LogP) is 3.09. The molecule has 0 unspecified atom stereocenters. The van der Waals surface area contributed by atoms with Crippen molar-refractivity contribution in [3.63, 3.8) is 0 Å². The number of aromatic nitrogens is 7. The first-order chi connectivity index (χ1) is 20.4. The lowest BCUT2D eigenvalue weighted by Crippen LogP contribution is -2.60. The summed E-state index contributed by atoms with van der Waals surface area (Å²) >= 11 is 0. The molecule has 0 atom stereocenters. The smallest absolute Gasteiger partial charge is 0.384 e. The van der Waals surface area contributed by atoms with E-state index in [1.54, 1.807) is 12.4 Å². The van der Waals surface area contributed by atoms with Crippen LogP contribution in [-0.4, -0.2) is 87.7 Å². The summed E-state index contributed by atoms with van der Waals surface area (Å²) in [4.78, 5) is 35.6. The Hall–Kier alpha value is -4.42. The molecule has 0 spiro atoms. The molecule has 0 radical (unpaired) electrons. The number of piperazine rings is 1. The molecule has 2 fully saturated rings. The molecular formula is C28H29F3N10O2. The number of alkyl halides is 3. The van der Waals surface area contributed by atoms with Crippen LogP contribution in [0.3, 0.4) is 0 Å². The molecule has 1 saturated heterocycles. The fraction of sp³-hybridized carbons (Fsp3) is 0.464. The van der Waals surface area contributed by atoms with Gasteiger partial charge in [0.25, 0.3) is 5.91 Å². The number of rotatable bonds is 6. The highest BCUT2D eigenvalue weighted by atomic mass is 19.4. The van der Waals surface area contributed by atoms with Crippen molar-refractivity contribution >= 4 is 16.9 Å². The molecular weight excluding hydrogens is 565 g/mol. The van der Waals surface area contributed by atoms with E-state index in [4.69, 9.17) is 0 Å². The van der Waals surface area contributed by atoms with Crippen LogP contribution in [0.1, 0.15) is 55.1 Å². The van der Waals surface area contributed by atoms with Gasteiger partial charge in [-0.05, 0) is 38.8 Å². The van der Waals surface area contributed by atoms with Crippen molar-refractivity contribution in [2.45, 2.75) is 56.5 Å². The minimum atomic E-state index is -4.87. The number of hydrogen-bond acceptors (Lipinski definition) is 9. The standard InChI is InChI=1S/C28H29F3N10O2/c1-26(2,43)21-11-20(37-25(38-21)28(29,30)31)24(42)40-9-7-39(8-10-40)18-12-27(13-18,4-5-32)41-15-17(14-36-41)22-19-3-6-33-23(19)35-16-34-22/h3,6,11,14-16,18,43H,4,7-10,12-13H2,1-2H3,(H,33,34,35)/t18-,27-. The average Bonchev–Trinajstić information content (AvgIpc) is 3.64. The lowest BCUT2D eigenvalue weighted by Gasteiger charge is -2.52. The largest absolute Gasteiger partial charge is 0.451 e. The zero-order chi connectivity index (χ0) is 30.6. The zero-order valence-electron chi connectivity index (χ0n) is 23.5. The summed E-state index contributed by atoms with van der Waals surface area (Å²) in [6.07, 6.45) is 3.74. The number of halogens is 3. The highest BCUT2D eigenvalue weighted by Crippen LogP contribution is 2.45. The molecule has 2 N–H and O–H groups in total. The van der Waals surface area contributed by atoms with Gasteiger partial charge >= 0.3 is 6.18 Å². The molecule has 12 nitrogen and oxygen atoms in total. The number of H-pyrrole nitrogens is 1. The van der Waals surface area contributed by atoms with Crippen LogP contribution in [0.2, 0.25) is 0 Å². The van der Waals surface area contributed by atoms with Crippen molar-refractivity contribution in [2.75, 3.05) is 26.2 Å². The number of fused-ring (bicyclic) bond motifs is 1. The van der Waals surface area contributed by atoms with E-state index in [1.807, 2.05) is 16.9 Å². The van der Waals surface area contributed by atoms with E-state index in [-0.39, 0.29) is 18.2 Å². The summed E-state index contributed by atoms with van der Waals surface area (Å²) < 4.78 is 42.2. The van der Waals surface area contributed by atoms with Gasteiger partial charge in [-0.3, -0.25) is 14.4 Å². The number of nitriles is 1. The number of carbonyl (C=O) groups excluding carboxylic acids is 1. The van der Waals surface area contributed by atoms with Gasteiger partial charge in [-0.25, -0.2) is 19.9 Å². The molecule has 1 aliphatic heterocycles. The number of hydrogen-bond donors (Lipinski definition) is 2. The first-order valence-corrected chi connectivity index (χ1v) is 13.8. The molecule has 0 bridgehead atoms. The van der Waals surface area contributed by atoms with Gasteiger partial charge in [-0.15, -0.1) is 0 Å². The van der Waals surface area contributed by atoms with Gasteiger partial charge < -0.3 is 15.0 Å². The van der Waals surface area contributed by atoms with Gasteiger partial charge in [-0.2, -0.15) is 23.5 Å². The number of aliphatic hydroxyl groups is 1. The fourth-order valence-corrected chi connectivity index (χ4v) is 5.89. The third kappa shape index (κ3) is 5.32. The molecule has 1 amide bonds. The van der Waals surface area contributed by atoms with Crippen molar-refractivity contribution < 1.29 is 23.1 Å². The summed E-state index contributed by atoms with van der Waals surface area (Å²) in [5, 5.41) is 25.4. The Labute approximate surface area is 244 Å². The Balaban J connectivity index is 1.13. The predicted molar refractivity (Wildman–Crippen MR) is 146 cm³/mol. The monoisotopic (exact) mass is 594 g/mol. The van der Waals surface area contributed by atoms with Crippen LogP contribution in [0.4, 0.5) is 13.2 Å². The Morgan fingerprint density at radius 2 is 1.93 bits per heavy atom. The van der Waals surface area contributed by atoms with Crippen LogP contribution in [-0.2, 0) is 17.3 Å². The van der Waals surface area contributed by atoms with E-state index in [1.165, 1.54) is 25.1 Å². The molecule has 4 aromatic rings. The number of nitrogens with one attached hydrogen (secondary N) is 1. The maximum absolute atomic E-state index is 13.4. The molecule has 0 aromatic carbocycles. The zero-order valence-corrected chi connectivity index (χ0v) is 23.5. The number of aromatic amines is 1. The Bertz CT molecular complexity index is 1670. The van der Waals surface area contributed by atoms with Gasteiger partial charge in [-0.1, -0.05) is 0 Å². The highest BCUT2D eigenvalue weighted by Gasteiger charge is 2.49. The Morgan fingerprint density at radius 1 is 1.19 bits per heavy atom. The molecule has 224 valence electrons. The first-order valence-electron chi connectivity index (χ1n) is 13.8. The molecule has 15 heteroatoms. The van der Waals surface area contributed by atoms with Gasteiger partial charge in [0.05, 0.1) is 35.6 Å². The second-order valence-electron chi connectivity index (χ2n) is 11.6. The highest BCUT2D eigenvalue weighted by molar-refractivity contribution is 5.92. The van der Waals surface area contributed by atoms with Crippen molar-refractivity contribution in [3.05, 3.63) is 54.3 Å². The Kier molecular flexibility index (Phi) is 6.93. The maximum Gasteiger partial charge on any atom is 0.451 e. The van der Waals surface area contributed by atoms with E-state index in [9.17, 15) is 28.3 Å². The first kappa shape index (κ1) is 28.7. The lowest BCUT2D eigenvalue weighted by atomic mass is 9.70. The van der Waals surface area contributed by atoms with E-state index in [0.717, 1.165) is 28.4 Å². The van der Waals surface area contributed by atoms with E-state index >= 15 is 0 Å². The molecule has 1 aliphatic carbocycles. The number of nitrogens with zero attached hydrogens (tertiary/aromatic N) is 9. The van der Waals surface area contributed by atoms with Crippen molar-refractivity contribution in [3.8, 4) is 17.3 Å². The summed E-state index contributed by atoms with van der Waals surface area (Å²) in [7, 11) is 0. The van der Waals surface area contributed by atoms with E-state index < -0.39 is 34.7 Å². The van der Waals surface area contributed by atoms with Crippen LogP contribution in [0.5, 0.6) is 0 Å². The van der Waals surface area contributed by atoms with Gasteiger partial charge in [0.2, 0.25) is 5.82 Å². The second-order valence-corrected chi connectivity index (χ2v) is 11.6. The van der Waals surface area contributed by atoms with E-state index in [2.05, 4.69) is 41.0 Å². The van der Waals surface area contributed by atoms with Crippen LogP contribution in [0.25, 0.3) is 22.3 Å². The van der Waals surface area contributed by atoms with Gasteiger partial charge in [0.15, 0.2) is 0 Å². The quantitative estimate of drug-likeness (QED) is 0.343. The number of carbonyl (C=O) groups is 1.